The number of halogens is 1. The molecule has 23 heavy (non-hydrogen) atoms. The number of carbonyl (C=O) groups is 1. The highest BCUT2D eigenvalue weighted by atomic mass is 19.1. The maximum Gasteiger partial charge on any atom is 0.287 e. The van der Waals surface area contributed by atoms with E-state index in [4.69, 9.17) is 9.15 Å². The number of benzene rings is 1. The Bertz CT molecular complexity index is 636. The van der Waals surface area contributed by atoms with Crippen LogP contribution in [0.2, 0.25) is 0 Å². The van der Waals surface area contributed by atoms with Crippen molar-refractivity contribution >= 4 is 5.91 Å². The Morgan fingerprint density at radius 3 is 2.61 bits per heavy atom. The molecular weight excluding hydrogens is 301 g/mol. The predicted octanol–water partition coefficient (Wildman–Crippen LogP) is 2.74. The number of aliphatic hydroxyl groups excluding tert-OH is 1. The number of hydrogen-bond donors (Lipinski definition) is 2. The summed E-state index contributed by atoms with van der Waals surface area (Å²) in [6.07, 6.45) is -0.602. The van der Waals surface area contributed by atoms with E-state index in [0.717, 1.165) is 0 Å². The van der Waals surface area contributed by atoms with E-state index in [-0.39, 0.29) is 30.6 Å². The molecule has 0 saturated heterocycles. The fraction of sp³-hybridized carbons (Fsp3) is 0.353. The third-order valence-corrected chi connectivity index (χ3v) is 3.32. The first-order chi connectivity index (χ1) is 11.0. The maximum atomic E-state index is 12.8. The second kappa shape index (κ2) is 7.78. The monoisotopic (exact) mass is 321 g/mol. The van der Waals surface area contributed by atoms with Crippen molar-refractivity contribution in [2.24, 2.45) is 5.92 Å². The molecule has 1 heterocycles. The molecule has 0 spiro atoms. The highest BCUT2D eigenvalue weighted by Gasteiger charge is 2.15. The number of aliphatic hydroxyl groups is 1. The lowest BCUT2D eigenvalue weighted by atomic mass is 10.1. The lowest BCUT2D eigenvalue weighted by molar-refractivity contribution is 0.0843. The molecule has 5 nitrogen and oxygen atoms in total. The van der Waals surface area contributed by atoms with E-state index in [9.17, 15) is 14.3 Å². The summed E-state index contributed by atoms with van der Waals surface area (Å²) >= 11 is 0. The van der Waals surface area contributed by atoms with Crippen LogP contribution in [0.25, 0.3) is 0 Å². The van der Waals surface area contributed by atoms with Gasteiger partial charge in [-0.25, -0.2) is 4.39 Å². The molecule has 0 bridgehead atoms. The minimum atomic E-state index is -0.602. The van der Waals surface area contributed by atoms with Crippen LogP contribution in [0.15, 0.2) is 40.8 Å². The zero-order valence-electron chi connectivity index (χ0n) is 13.1. The van der Waals surface area contributed by atoms with Crippen LogP contribution < -0.4 is 10.1 Å². The average Bonchev–Trinajstić information content (AvgIpc) is 3.00. The summed E-state index contributed by atoms with van der Waals surface area (Å²) in [5, 5.41) is 12.3. The van der Waals surface area contributed by atoms with Crippen LogP contribution in [-0.2, 0) is 6.61 Å². The molecule has 0 aliphatic heterocycles. The average molecular weight is 321 g/mol. The molecule has 2 N–H and O–H groups in total. The van der Waals surface area contributed by atoms with Gasteiger partial charge in [0.15, 0.2) is 5.76 Å². The number of furan rings is 1. The molecule has 1 aromatic carbocycles. The molecule has 124 valence electrons. The van der Waals surface area contributed by atoms with E-state index in [0.29, 0.717) is 11.5 Å². The van der Waals surface area contributed by atoms with Gasteiger partial charge in [-0.05, 0) is 42.3 Å². The number of nitrogens with one attached hydrogen (secondary N) is 1. The van der Waals surface area contributed by atoms with Gasteiger partial charge in [-0.15, -0.1) is 0 Å². The van der Waals surface area contributed by atoms with E-state index in [2.05, 4.69) is 5.32 Å². The van der Waals surface area contributed by atoms with Crippen molar-refractivity contribution in [2.75, 3.05) is 6.54 Å². The summed E-state index contributed by atoms with van der Waals surface area (Å²) in [6.45, 7) is 4.04. The van der Waals surface area contributed by atoms with Crippen LogP contribution in [0.4, 0.5) is 4.39 Å². The molecule has 2 aromatic rings. The van der Waals surface area contributed by atoms with Crippen LogP contribution in [0.3, 0.4) is 0 Å². The van der Waals surface area contributed by atoms with Crippen molar-refractivity contribution in [1.29, 1.82) is 0 Å². The Labute approximate surface area is 134 Å². The van der Waals surface area contributed by atoms with Crippen molar-refractivity contribution < 1.29 is 23.4 Å². The van der Waals surface area contributed by atoms with Crippen molar-refractivity contribution in [3.05, 3.63) is 53.7 Å². The van der Waals surface area contributed by atoms with Crippen LogP contribution in [-0.4, -0.2) is 23.7 Å². The maximum absolute atomic E-state index is 12.8. The normalized spacial score (nSPS) is 12.2. The van der Waals surface area contributed by atoms with Gasteiger partial charge in [-0.3, -0.25) is 4.79 Å². The number of carbonyl (C=O) groups excluding carboxylic acids is 1. The van der Waals surface area contributed by atoms with Crippen molar-refractivity contribution in [1.82, 2.24) is 5.32 Å². The molecule has 1 unspecified atom stereocenters. The second-order valence-electron chi connectivity index (χ2n) is 5.53. The van der Waals surface area contributed by atoms with Gasteiger partial charge >= 0.3 is 0 Å². The van der Waals surface area contributed by atoms with Crippen molar-refractivity contribution in [2.45, 2.75) is 26.6 Å². The third-order valence-electron chi connectivity index (χ3n) is 3.32. The van der Waals surface area contributed by atoms with Crippen LogP contribution in [0, 0.1) is 11.7 Å². The molecule has 0 aliphatic carbocycles. The molecule has 0 fully saturated rings. The third kappa shape index (κ3) is 5.10. The highest BCUT2D eigenvalue weighted by molar-refractivity contribution is 5.91. The fourth-order valence-electron chi connectivity index (χ4n) is 1.78. The summed E-state index contributed by atoms with van der Waals surface area (Å²) in [7, 11) is 0. The smallest absolute Gasteiger partial charge is 0.287 e. The molecule has 1 atom stereocenters. The molecule has 0 radical (unpaired) electrons. The zero-order valence-corrected chi connectivity index (χ0v) is 13.1. The van der Waals surface area contributed by atoms with Crippen LogP contribution in [0.1, 0.15) is 30.2 Å². The van der Waals surface area contributed by atoms with Gasteiger partial charge < -0.3 is 19.6 Å². The first kappa shape index (κ1) is 17.0. The van der Waals surface area contributed by atoms with Crippen LogP contribution >= 0.6 is 0 Å². The Kier molecular flexibility index (Phi) is 5.76. The Morgan fingerprint density at radius 2 is 1.96 bits per heavy atom. The van der Waals surface area contributed by atoms with Gasteiger partial charge in [-0.2, -0.15) is 0 Å². The molecule has 1 amide bonds. The van der Waals surface area contributed by atoms with E-state index in [1.54, 1.807) is 12.1 Å². The largest absolute Gasteiger partial charge is 0.486 e. The van der Waals surface area contributed by atoms with E-state index >= 15 is 0 Å². The molecule has 1 aromatic heterocycles. The Hall–Kier alpha value is -2.34. The quantitative estimate of drug-likeness (QED) is 0.822. The van der Waals surface area contributed by atoms with E-state index < -0.39 is 12.0 Å². The van der Waals surface area contributed by atoms with Crippen molar-refractivity contribution in [3.8, 4) is 5.75 Å². The zero-order chi connectivity index (χ0) is 16.8. The standard InChI is InChI=1S/C17H20FNO4/c1-11(2)15(20)9-19-17(21)16-8-7-14(23-16)10-22-13-5-3-12(18)4-6-13/h3-8,11,15,20H,9-10H2,1-2H3,(H,19,21). The first-order valence-corrected chi connectivity index (χ1v) is 7.39. The molecule has 6 heteroatoms. The lowest BCUT2D eigenvalue weighted by Gasteiger charge is -2.14. The molecule has 0 saturated carbocycles. The highest BCUT2D eigenvalue weighted by Crippen LogP contribution is 2.15. The fourth-order valence-corrected chi connectivity index (χ4v) is 1.78. The molecule has 2 rings (SSSR count). The lowest BCUT2D eigenvalue weighted by Crippen LogP contribution is -2.34. The van der Waals surface area contributed by atoms with E-state index in [1.807, 2.05) is 13.8 Å². The summed E-state index contributed by atoms with van der Waals surface area (Å²) in [5.74, 6) is 0.471. The topological polar surface area (TPSA) is 71.7 Å². The molecular formula is C17H20FNO4. The number of hydrogen-bond acceptors (Lipinski definition) is 4. The number of rotatable bonds is 7. The van der Waals surface area contributed by atoms with Gasteiger partial charge in [0, 0.05) is 6.54 Å². The van der Waals surface area contributed by atoms with Crippen LogP contribution in [0.5, 0.6) is 5.75 Å². The van der Waals surface area contributed by atoms with Gasteiger partial charge in [0.05, 0.1) is 6.10 Å². The summed E-state index contributed by atoms with van der Waals surface area (Å²) in [6, 6.07) is 8.81. The molecule has 0 aliphatic rings. The predicted molar refractivity (Wildman–Crippen MR) is 82.6 cm³/mol. The Morgan fingerprint density at radius 1 is 1.26 bits per heavy atom. The van der Waals surface area contributed by atoms with Gasteiger partial charge in [0.2, 0.25) is 0 Å². The van der Waals surface area contributed by atoms with Crippen molar-refractivity contribution in [3.63, 3.8) is 0 Å². The van der Waals surface area contributed by atoms with E-state index in [1.165, 1.54) is 24.3 Å². The van der Waals surface area contributed by atoms with Gasteiger partial charge in [0.25, 0.3) is 5.91 Å². The minimum Gasteiger partial charge on any atom is -0.486 e. The number of amides is 1. The summed E-state index contributed by atoms with van der Waals surface area (Å²) < 4.78 is 23.6. The summed E-state index contributed by atoms with van der Waals surface area (Å²) in [5.41, 5.74) is 0. The minimum absolute atomic E-state index is 0.0616. The second-order valence-corrected chi connectivity index (χ2v) is 5.53. The SMILES string of the molecule is CC(C)C(O)CNC(=O)c1ccc(COc2ccc(F)cc2)o1. The van der Waals surface area contributed by atoms with Gasteiger partial charge in [-0.1, -0.05) is 13.8 Å². The first-order valence-electron chi connectivity index (χ1n) is 7.39. The van der Waals surface area contributed by atoms with Gasteiger partial charge in [0.1, 0.15) is 23.9 Å². The summed E-state index contributed by atoms with van der Waals surface area (Å²) in [4.78, 5) is 11.9. The number of ether oxygens (including phenoxy) is 1. The Balaban J connectivity index is 1.85.